The van der Waals surface area contributed by atoms with E-state index in [4.69, 9.17) is 11.6 Å². The molecule has 0 spiro atoms. The summed E-state index contributed by atoms with van der Waals surface area (Å²) in [6.45, 7) is 1.72. The van der Waals surface area contributed by atoms with E-state index in [2.05, 4.69) is 10.0 Å². The quantitative estimate of drug-likeness (QED) is 0.816. The van der Waals surface area contributed by atoms with Crippen molar-refractivity contribution in [1.82, 2.24) is 4.72 Å². The fourth-order valence-electron chi connectivity index (χ4n) is 3.27. The van der Waals surface area contributed by atoms with Crippen molar-refractivity contribution in [3.63, 3.8) is 0 Å². The minimum Gasteiger partial charge on any atom is -0.325 e. The van der Waals surface area contributed by atoms with E-state index in [1.165, 1.54) is 13.1 Å². The van der Waals surface area contributed by atoms with E-state index in [1.807, 2.05) is 12.1 Å². The third-order valence-electron chi connectivity index (χ3n) is 5.04. The molecular weight excluding hydrogens is 372 g/mol. The first-order chi connectivity index (χ1) is 12.3. The number of anilines is 1. The van der Waals surface area contributed by atoms with Crippen LogP contribution in [0.25, 0.3) is 0 Å². The lowest BCUT2D eigenvalue weighted by Gasteiger charge is -2.40. The van der Waals surface area contributed by atoms with Gasteiger partial charge in [-0.2, -0.15) is 0 Å². The zero-order valence-corrected chi connectivity index (χ0v) is 16.2. The lowest BCUT2D eigenvalue weighted by Crippen LogP contribution is -2.46. The molecule has 1 fully saturated rings. The van der Waals surface area contributed by atoms with Gasteiger partial charge in [0.2, 0.25) is 15.9 Å². The molecule has 1 aliphatic rings. The zero-order chi connectivity index (χ0) is 18.9. The van der Waals surface area contributed by atoms with Gasteiger partial charge in [-0.15, -0.1) is 0 Å². The lowest BCUT2D eigenvalue weighted by atomic mass is 9.64. The summed E-state index contributed by atoms with van der Waals surface area (Å²) in [6, 6.07) is 12.2. The van der Waals surface area contributed by atoms with Crippen molar-refractivity contribution in [2.24, 2.45) is 0 Å². The van der Waals surface area contributed by atoms with Crippen LogP contribution in [0.3, 0.4) is 0 Å². The van der Waals surface area contributed by atoms with Crippen molar-refractivity contribution in [3.05, 3.63) is 58.6 Å². The number of carbonyl (C=O) groups excluding carboxylic acids is 1. The van der Waals surface area contributed by atoms with Gasteiger partial charge in [0.1, 0.15) is 0 Å². The number of hydrogen-bond donors (Lipinski definition) is 2. The number of carbonyl (C=O) groups is 1. The van der Waals surface area contributed by atoms with Crippen LogP contribution in [0.2, 0.25) is 5.02 Å². The van der Waals surface area contributed by atoms with Gasteiger partial charge in [-0.25, -0.2) is 13.1 Å². The Hall–Kier alpha value is -1.89. The standard InChI is InChI=1S/C19H21ClN2O3S/c1-13-4-9-16(12-17(13)26(24,25)21-2)22-18(23)19(10-3-11-19)14-5-7-15(20)8-6-14/h4-9,12,21H,3,10-11H2,1-2H3,(H,22,23). The Morgan fingerprint density at radius 1 is 1.12 bits per heavy atom. The van der Waals surface area contributed by atoms with Gasteiger partial charge >= 0.3 is 0 Å². The van der Waals surface area contributed by atoms with E-state index in [0.717, 1.165) is 24.8 Å². The molecule has 0 radical (unpaired) electrons. The van der Waals surface area contributed by atoms with Gasteiger partial charge in [0, 0.05) is 10.7 Å². The second-order valence-corrected chi connectivity index (χ2v) is 8.88. The van der Waals surface area contributed by atoms with E-state index in [0.29, 0.717) is 16.3 Å². The molecule has 0 aliphatic heterocycles. The third-order valence-corrected chi connectivity index (χ3v) is 6.85. The summed E-state index contributed by atoms with van der Waals surface area (Å²) in [6.07, 6.45) is 2.49. The highest BCUT2D eigenvalue weighted by Gasteiger charge is 2.45. The average Bonchev–Trinajstić information content (AvgIpc) is 2.57. The number of rotatable bonds is 5. The normalized spacial score (nSPS) is 16.0. The van der Waals surface area contributed by atoms with Crippen molar-refractivity contribution in [1.29, 1.82) is 0 Å². The summed E-state index contributed by atoms with van der Waals surface area (Å²) in [5, 5.41) is 3.53. The topological polar surface area (TPSA) is 75.3 Å². The first-order valence-electron chi connectivity index (χ1n) is 8.40. The highest BCUT2D eigenvalue weighted by molar-refractivity contribution is 7.89. The van der Waals surface area contributed by atoms with Crippen LogP contribution in [0.4, 0.5) is 5.69 Å². The monoisotopic (exact) mass is 392 g/mol. The Labute approximate surface area is 158 Å². The van der Waals surface area contributed by atoms with Gasteiger partial charge < -0.3 is 5.32 Å². The molecule has 1 saturated carbocycles. The molecule has 138 valence electrons. The van der Waals surface area contributed by atoms with Gasteiger partial charge in [0.25, 0.3) is 0 Å². The van der Waals surface area contributed by atoms with Crippen LogP contribution >= 0.6 is 11.6 Å². The van der Waals surface area contributed by atoms with Crippen LogP contribution in [0.5, 0.6) is 0 Å². The predicted molar refractivity (Wildman–Crippen MR) is 103 cm³/mol. The Kier molecular flexibility index (Phi) is 5.10. The van der Waals surface area contributed by atoms with E-state index in [-0.39, 0.29) is 10.8 Å². The van der Waals surface area contributed by atoms with E-state index < -0.39 is 15.4 Å². The maximum Gasteiger partial charge on any atom is 0.240 e. The van der Waals surface area contributed by atoms with E-state index in [1.54, 1.807) is 31.2 Å². The van der Waals surface area contributed by atoms with Crippen LogP contribution < -0.4 is 10.0 Å². The molecule has 7 heteroatoms. The van der Waals surface area contributed by atoms with E-state index >= 15 is 0 Å². The molecule has 26 heavy (non-hydrogen) atoms. The first kappa shape index (κ1) is 18.9. The molecule has 0 saturated heterocycles. The summed E-state index contributed by atoms with van der Waals surface area (Å²) >= 11 is 5.96. The van der Waals surface area contributed by atoms with Gasteiger partial charge in [0.15, 0.2) is 0 Å². The van der Waals surface area contributed by atoms with Crippen molar-refractivity contribution >= 4 is 33.2 Å². The van der Waals surface area contributed by atoms with Gasteiger partial charge in [-0.3, -0.25) is 4.79 Å². The molecular formula is C19H21ClN2O3S. The Balaban J connectivity index is 1.90. The van der Waals surface area contributed by atoms with Gasteiger partial charge in [-0.05, 0) is 62.2 Å². The number of amides is 1. The highest BCUT2D eigenvalue weighted by atomic mass is 35.5. The number of aryl methyl sites for hydroxylation is 1. The summed E-state index contributed by atoms with van der Waals surface area (Å²) in [7, 11) is -2.22. The summed E-state index contributed by atoms with van der Waals surface area (Å²) in [4.78, 5) is 13.2. The number of nitrogens with one attached hydrogen (secondary N) is 2. The molecule has 1 amide bonds. The number of hydrogen-bond acceptors (Lipinski definition) is 3. The number of halogens is 1. The zero-order valence-electron chi connectivity index (χ0n) is 14.7. The molecule has 0 bridgehead atoms. The van der Waals surface area contributed by atoms with Crippen LogP contribution in [0.15, 0.2) is 47.4 Å². The van der Waals surface area contributed by atoms with Crippen molar-refractivity contribution in [3.8, 4) is 0 Å². The maximum atomic E-state index is 13.0. The lowest BCUT2D eigenvalue weighted by molar-refractivity contribution is -0.124. The highest BCUT2D eigenvalue weighted by Crippen LogP contribution is 2.45. The van der Waals surface area contributed by atoms with Crippen molar-refractivity contribution in [2.75, 3.05) is 12.4 Å². The summed E-state index contributed by atoms with van der Waals surface area (Å²) < 4.78 is 26.6. The third kappa shape index (κ3) is 3.37. The first-order valence-corrected chi connectivity index (χ1v) is 10.3. The molecule has 0 heterocycles. The Morgan fingerprint density at radius 2 is 1.77 bits per heavy atom. The fourth-order valence-corrected chi connectivity index (χ4v) is 4.39. The molecule has 0 aromatic heterocycles. The summed E-state index contributed by atoms with van der Waals surface area (Å²) in [5.74, 6) is -0.122. The van der Waals surface area contributed by atoms with Crippen LogP contribution in [-0.2, 0) is 20.2 Å². The molecule has 1 aliphatic carbocycles. The molecule has 3 rings (SSSR count). The largest absolute Gasteiger partial charge is 0.325 e. The Bertz CT molecular complexity index is 936. The Morgan fingerprint density at radius 3 is 2.31 bits per heavy atom. The maximum absolute atomic E-state index is 13.0. The number of sulfonamides is 1. The molecule has 0 unspecified atom stereocenters. The minimum absolute atomic E-state index is 0.122. The van der Waals surface area contributed by atoms with Crippen LogP contribution in [0, 0.1) is 6.92 Å². The van der Waals surface area contributed by atoms with Gasteiger partial charge in [-0.1, -0.05) is 36.2 Å². The van der Waals surface area contributed by atoms with Crippen LogP contribution in [0.1, 0.15) is 30.4 Å². The van der Waals surface area contributed by atoms with Crippen molar-refractivity contribution in [2.45, 2.75) is 36.5 Å². The SMILES string of the molecule is CNS(=O)(=O)c1cc(NC(=O)C2(c3ccc(Cl)cc3)CCC2)ccc1C. The summed E-state index contributed by atoms with van der Waals surface area (Å²) in [5.41, 5.74) is 1.43. The molecule has 2 aromatic carbocycles. The second kappa shape index (κ2) is 7.02. The smallest absolute Gasteiger partial charge is 0.240 e. The molecule has 0 atom stereocenters. The van der Waals surface area contributed by atoms with Gasteiger partial charge in [0.05, 0.1) is 10.3 Å². The molecule has 2 aromatic rings. The molecule has 5 nitrogen and oxygen atoms in total. The van der Waals surface area contributed by atoms with Crippen molar-refractivity contribution < 1.29 is 13.2 Å². The van der Waals surface area contributed by atoms with Crippen LogP contribution in [-0.4, -0.2) is 21.4 Å². The predicted octanol–water partition coefficient (Wildman–Crippen LogP) is 3.62. The average molecular weight is 393 g/mol. The minimum atomic E-state index is -3.59. The second-order valence-electron chi connectivity index (χ2n) is 6.58. The molecule has 2 N–H and O–H groups in total. The number of benzene rings is 2. The van der Waals surface area contributed by atoms with E-state index in [9.17, 15) is 13.2 Å². The fraction of sp³-hybridized carbons (Fsp3) is 0.316.